The van der Waals surface area contributed by atoms with Crippen molar-refractivity contribution in [2.45, 2.75) is 0 Å². The maximum atomic E-state index is 5.80. The maximum absolute atomic E-state index is 5.80. The number of nitrogens with two attached hydrogens (primary N) is 1. The number of anilines is 1. The predicted octanol–water partition coefficient (Wildman–Crippen LogP) is 1.74. The first-order valence-electron chi connectivity index (χ1n) is 5.05. The summed E-state index contributed by atoms with van der Waals surface area (Å²) in [5.74, 6) is 1.59. The fourth-order valence-electron chi connectivity index (χ4n) is 1.63. The van der Waals surface area contributed by atoms with Gasteiger partial charge in [0.1, 0.15) is 11.5 Å². The smallest absolute Gasteiger partial charge is 0.170 e. The van der Waals surface area contributed by atoms with Gasteiger partial charge in [0.15, 0.2) is 11.5 Å². The number of hydrogen-bond donors (Lipinski definition) is 1. The highest BCUT2D eigenvalue weighted by molar-refractivity contribution is 5.77. The van der Waals surface area contributed by atoms with Crippen molar-refractivity contribution < 1.29 is 9.47 Å². The van der Waals surface area contributed by atoms with Crippen LogP contribution in [-0.2, 0) is 0 Å². The SMILES string of the molecule is COc1cccc(-c2nccnc2N)c1OC. The topological polar surface area (TPSA) is 70.3 Å². The molecule has 0 fully saturated rings. The van der Waals surface area contributed by atoms with Gasteiger partial charge in [-0.05, 0) is 12.1 Å². The molecule has 5 nitrogen and oxygen atoms in total. The zero-order valence-electron chi connectivity index (χ0n) is 9.68. The molecule has 0 radical (unpaired) electrons. The molecular formula is C12H13N3O2. The Morgan fingerprint density at radius 1 is 1.06 bits per heavy atom. The van der Waals surface area contributed by atoms with Gasteiger partial charge in [-0.1, -0.05) is 6.07 Å². The molecule has 1 heterocycles. The Morgan fingerprint density at radius 3 is 2.47 bits per heavy atom. The molecule has 0 aliphatic rings. The Balaban J connectivity index is 2.63. The van der Waals surface area contributed by atoms with Crippen molar-refractivity contribution in [3.63, 3.8) is 0 Å². The lowest BCUT2D eigenvalue weighted by Gasteiger charge is -2.12. The highest BCUT2D eigenvalue weighted by Gasteiger charge is 2.14. The first-order chi connectivity index (χ1) is 8.27. The highest BCUT2D eigenvalue weighted by atomic mass is 16.5. The summed E-state index contributed by atoms with van der Waals surface area (Å²) >= 11 is 0. The van der Waals surface area contributed by atoms with E-state index in [4.69, 9.17) is 15.2 Å². The summed E-state index contributed by atoms with van der Waals surface area (Å²) in [7, 11) is 3.16. The number of rotatable bonds is 3. The third-order valence-corrected chi connectivity index (χ3v) is 2.38. The Kier molecular flexibility index (Phi) is 3.09. The number of ether oxygens (including phenoxy) is 2. The van der Waals surface area contributed by atoms with Crippen LogP contribution in [0, 0.1) is 0 Å². The molecule has 0 unspecified atom stereocenters. The number of nitrogens with zero attached hydrogens (tertiary/aromatic N) is 2. The van der Waals surface area contributed by atoms with Crippen LogP contribution in [-0.4, -0.2) is 24.2 Å². The number of nitrogen functional groups attached to an aromatic ring is 1. The summed E-state index contributed by atoms with van der Waals surface area (Å²) in [4.78, 5) is 8.21. The molecule has 17 heavy (non-hydrogen) atoms. The van der Waals surface area contributed by atoms with Crippen LogP contribution >= 0.6 is 0 Å². The Hall–Kier alpha value is -2.30. The fourth-order valence-corrected chi connectivity index (χ4v) is 1.63. The lowest BCUT2D eigenvalue weighted by Crippen LogP contribution is -1.99. The molecule has 0 bridgehead atoms. The van der Waals surface area contributed by atoms with E-state index in [1.807, 2.05) is 18.2 Å². The van der Waals surface area contributed by atoms with Crippen molar-refractivity contribution in [2.75, 3.05) is 20.0 Å². The van der Waals surface area contributed by atoms with E-state index in [-0.39, 0.29) is 0 Å². The lowest BCUT2D eigenvalue weighted by atomic mass is 10.1. The van der Waals surface area contributed by atoms with Gasteiger partial charge in [0.25, 0.3) is 0 Å². The molecule has 0 saturated carbocycles. The molecule has 5 heteroatoms. The van der Waals surface area contributed by atoms with Crippen molar-refractivity contribution in [2.24, 2.45) is 0 Å². The predicted molar refractivity (Wildman–Crippen MR) is 65.0 cm³/mol. The standard InChI is InChI=1S/C12H13N3O2/c1-16-9-5-3-4-8(11(9)17-2)10-12(13)15-7-6-14-10/h3-7H,1-2H3,(H2,13,15). The maximum Gasteiger partial charge on any atom is 0.170 e. The third kappa shape index (κ3) is 1.99. The van der Waals surface area contributed by atoms with E-state index in [0.717, 1.165) is 5.56 Å². The van der Waals surface area contributed by atoms with E-state index >= 15 is 0 Å². The van der Waals surface area contributed by atoms with Crippen LogP contribution in [0.15, 0.2) is 30.6 Å². The second-order valence-electron chi connectivity index (χ2n) is 3.33. The normalized spacial score (nSPS) is 10.0. The van der Waals surface area contributed by atoms with Gasteiger partial charge in [0.05, 0.1) is 14.2 Å². The molecular weight excluding hydrogens is 218 g/mol. The van der Waals surface area contributed by atoms with E-state index in [1.54, 1.807) is 26.6 Å². The average Bonchev–Trinajstić information content (AvgIpc) is 2.38. The van der Waals surface area contributed by atoms with Gasteiger partial charge in [-0.3, -0.25) is 4.98 Å². The van der Waals surface area contributed by atoms with Gasteiger partial charge in [0.2, 0.25) is 0 Å². The zero-order valence-corrected chi connectivity index (χ0v) is 9.68. The van der Waals surface area contributed by atoms with Gasteiger partial charge in [-0.15, -0.1) is 0 Å². The molecule has 0 atom stereocenters. The molecule has 2 rings (SSSR count). The lowest BCUT2D eigenvalue weighted by molar-refractivity contribution is 0.356. The van der Waals surface area contributed by atoms with Crippen LogP contribution in [0.1, 0.15) is 0 Å². The molecule has 0 aliphatic carbocycles. The summed E-state index contributed by atoms with van der Waals surface area (Å²) in [5.41, 5.74) is 7.15. The fraction of sp³-hybridized carbons (Fsp3) is 0.167. The first kappa shape index (κ1) is 11.2. The second kappa shape index (κ2) is 4.69. The number of methoxy groups -OCH3 is 2. The minimum atomic E-state index is 0.360. The van der Waals surface area contributed by atoms with Crippen molar-refractivity contribution in [3.05, 3.63) is 30.6 Å². The molecule has 2 N–H and O–H groups in total. The first-order valence-corrected chi connectivity index (χ1v) is 5.05. The van der Waals surface area contributed by atoms with Gasteiger partial charge in [-0.2, -0.15) is 0 Å². The Morgan fingerprint density at radius 2 is 1.82 bits per heavy atom. The van der Waals surface area contributed by atoms with Gasteiger partial charge in [0, 0.05) is 18.0 Å². The number of aromatic nitrogens is 2. The molecule has 1 aromatic carbocycles. The number of hydrogen-bond acceptors (Lipinski definition) is 5. The summed E-state index contributed by atoms with van der Waals surface area (Å²) < 4.78 is 10.6. The van der Waals surface area contributed by atoms with Crippen LogP contribution in [0.5, 0.6) is 11.5 Å². The zero-order chi connectivity index (χ0) is 12.3. The Bertz CT molecular complexity index is 529. The highest BCUT2D eigenvalue weighted by Crippen LogP contribution is 2.38. The van der Waals surface area contributed by atoms with E-state index in [0.29, 0.717) is 23.0 Å². The van der Waals surface area contributed by atoms with Crippen molar-refractivity contribution in [1.29, 1.82) is 0 Å². The molecule has 2 aromatic rings. The van der Waals surface area contributed by atoms with Crippen LogP contribution in [0.2, 0.25) is 0 Å². The molecule has 1 aromatic heterocycles. The van der Waals surface area contributed by atoms with E-state index in [2.05, 4.69) is 9.97 Å². The van der Waals surface area contributed by atoms with E-state index in [1.165, 1.54) is 0 Å². The summed E-state index contributed by atoms with van der Waals surface area (Å²) in [6.07, 6.45) is 3.14. The largest absolute Gasteiger partial charge is 0.493 e. The quantitative estimate of drug-likeness (QED) is 0.871. The van der Waals surface area contributed by atoms with Gasteiger partial charge < -0.3 is 15.2 Å². The summed E-state index contributed by atoms with van der Waals surface area (Å²) in [6, 6.07) is 5.53. The van der Waals surface area contributed by atoms with Crippen LogP contribution in [0.3, 0.4) is 0 Å². The Labute approximate surface area is 99.2 Å². The monoisotopic (exact) mass is 231 g/mol. The summed E-state index contributed by atoms with van der Waals surface area (Å²) in [5, 5.41) is 0. The van der Waals surface area contributed by atoms with Crippen molar-refractivity contribution in [3.8, 4) is 22.8 Å². The van der Waals surface area contributed by atoms with Crippen molar-refractivity contribution >= 4 is 5.82 Å². The minimum Gasteiger partial charge on any atom is -0.493 e. The second-order valence-corrected chi connectivity index (χ2v) is 3.33. The van der Waals surface area contributed by atoms with E-state index in [9.17, 15) is 0 Å². The summed E-state index contributed by atoms with van der Waals surface area (Å²) in [6.45, 7) is 0. The molecule has 0 aliphatic heterocycles. The minimum absolute atomic E-state index is 0.360. The molecule has 0 amide bonds. The average molecular weight is 231 g/mol. The van der Waals surface area contributed by atoms with Gasteiger partial charge in [-0.25, -0.2) is 4.98 Å². The molecule has 0 spiro atoms. The van der Waals surface area contributed by atoms with Crippen LogP contribution in [0.25, 0.3) is 11.3 Å². The van der Waals surface area contributed by atoms with E-state index < -0.39 is 0 Å². The number of benzene rings is 1. The number of para-hydroxylation sites is 1. The van der Waals surface area contributed by atoms with Crippen molar-refractivity contribution in [1.82, 2.24) is 9.97 Å². The molecule has 0 saturated heterocycles. The van der Waals surface area contributed by atoms with Crippen LogP contribution < -0.4 is 15.2 Å². The van der Waals surface area contributed by atoms with Gasteiger partial charge >= 0.3 is 0 Å². The van der Waals surface area contributed by atoms with Crippen LogP contribution in [0.4, 0.5) is 5.82 Å². The molecule has 88 valence electrons. The third-order valence-electron chi connectivity index (χ3n) is 2.38.